The van der Waals surface area contributed by atoms with E-state index in [0.29, 0.717) is 18.7 Å². The van der Waals surface area contributed by atoms with Crippen LogP contribution in [0.3, 0.4) is 0 Å². The average Bonchev–Trinajstić information content (AvgIpc) is 2.77. The Kier molecular flexibility index (Phi) is 2.74. The third kappa shape index (κ3) is 1.89. The van der Waals surface area contributed by atoms with E-state index in [1.54, 1.807) is 17.3 Å². The maximum Gasteiger partial charge on any atom is 0.223 e. The topological polar surface area (TPSA) is 62.7 Å². The number of hydrogen-bond acceptors (Lipinski definition) is 4. The monoisotopic (exact) mass is 262 g/mol. The Balaban J connectivity index is 2.08. The number of pyridine rings is 1. The zero-order valence-electron chi connectivity index (χ0n) is 11.2. The second kappa shape index (κ2) is 4.20. The van der Waals surface area contributed by atoms with Crippen LogP contribution in [0.5, 0.6) is 5.75 Å². The second-order valence-electron chi connectivity index (χ2n) is 5.70. The molecule has 1 aromatic rings. The molecule has 19 heavy (non-hydrogen) atoms. The summed E-state index contributed by atoms with van der Waals surface area (Å²) < 4.78 is 5.81. The van der Waals surface area contributed by atoms with Crippen molar-refractivity contribution in [2.75, 3.05) is 6.54 Å². The van der Waals surface area contributed by atoms with Gasteiger partial charge < -0.3 is 14.7 Å². The first-order chi connectivity index (χ1) is 9.00. The molecule has 1 saturated heterocycles. The molecule has 3 rings (SSSR count). The molecule has 0 unspecified atom stereocenters. The van der Waals surface area contributed by atoms with E-state index in [1.807, 2.05) is 19.9 Å². The number of amides is 1. The van der Waals surface area contributed by atoms with Crippen LogP contribution >= 0.6 is 0 Å². The molecular formula is C14H18N2O3. The third-order valence-electron chi connectivity index (χ3n) is 3.97. The molecule has 5 nitrogen and oxygen atoms in total. The van der Waals surface area contributed by atoms with Crippen LogP contribution in [0.15, 0.2) is 18.5 Å². The van der Waals surface area contributed by atoms with Crippen LogP contribution in [-0.4, -0.2) is 39.1 Å². The van der Waals surface area contributed by atoms with Gasteiger partial charge in [0.15, 0.2) is 0 Å². The number of carbonyl (C=O) groups is 1. The fourth-order valence-electron chi connectivity index (χ4n) is 2.92. The predicted octanol–water partition coefficient (Wildman–Crippen LogP) is 1.28. The Bertz CT molecular complexity index is 515. The Hall–Kier alpha value is -1.62. The number of carbonyl (C=O) groups excluding carboxylic acids is 1. The molecule has 0 spiro atoms. The van der Waals surface area contributed by atoms with Crippen molar-refractivity contribution in [1.29, 1.82) is 0 Å². The number of hydrogen-bond donors (Lipinski definition) is 1. The minimum absolute atomic E-state index is 0.101. The molecule has 5 heteroatoms. The minimum atomic E-state index is -0.746. The fourth-order valence-corrected chi connectivity index (χ4v) is 2.92. The van der Waals surface area contributed by atoms with E-state index in [0.717, 1.165) is 12.0 Å². The maximum absolute atomic E-state index is 12.0. The fraction of sp³-hybridized carbons (Fsp3) is 0.571. The van der Waals surface area contributed by atoms with Crippen LogP contribution in [0, 0.1) is 0 Å². The smallest absolute Gasteiger partial charge is 0.223 e. The van der Waals surface area contributed by atoms with Gasteiger partial charge >= 0.3 is 0 Å². The van der Waals surface area contributed by atoms with E-state index >= 15 is 0 Å². The van der Waals surface area contributed by atoms with Crippen LogP contribution in [0.4, 0.5) is 0 Å². The van der Waals surface area contributed by atoms with Gasteiger partial charge in [0.05, 0.1) is 12.2 Å². The molecule has 0 radical (unpaired) electrons. The highest BCUT2D eigenvalue weighted by molar-refractivity contribution is 5.79. The van der Waals surface area contributed by atoms with Gasteiger partial charge in [0.1, 0.15) is 17.5 Å². The summed E-state index contributed by atoms with van der Waals surface area (Å²) in [7, 11) is 0. The van der Waals surface area contributed by atoms with Crippen molar-refractivity contribution >= 4 is 5.91 Å². The van der Waals surface area contributed by atoms with Crippen LogP contribution in [-0.2, 0) is 4.79 Å². The number of nitrogens with zero attached hydrogens (tertiary/aromatic N) is 2. The zero-order chi connectivity index (χ0) is 13.6. The number of aliphatic hydroxyl groups is 1. The SMILES string of the molecule is CC1(C)Oc2cnccc2[C@@H](N2CCCC2=O)[C@@H]1O. The van der Waals surface area contributed by atoms with E-state index in [-0.39, 0.29) is 11.9 Å². The van der Waals surface area contributed by atoms with Crippen molar-refractivity contribution in [3.63, 3.8) is 0 Å². The third-order valence-corrected chi connectivity index (χ3v) is 3.97. The molecule has 2 aliphatic rings. The van der Waals surface area contributed by atoms with Gasteiger partial charge in [-0.05, 0) is 26.3 Å². The number of likely N-dealkylation sites (tertiary alicyclic amines) is 1. The Labute approximate surface area is 112 Å². The van der Waals surface area contributed by atoms with Gasteiger partial charge in [0.25, 0.3) is 0 Å². The van der Waals surface area contributed by atoms with Gasteiger partial charge in [-0.3, -0.25) is 9.78 Å². The van der Waals surface area contributed by atoms with Crippen molar-refractivity contribution < 1.29 is 14.6 Å². The minimum Gasteiger partial charge on any atom is -0.483 e. The van der Waals surface area contributed by atoms with Crippen LogP contribution in [0.25, 0.3) is 0 Å². The van der Waals surface area contributed by atoms with Gasteiger partial charge in [-0.2, -0.15) is 0 Å². The largest absolute Gasteiger partial charge is 0.483 e. The van der Waals surface area contributed by atoms with Crippen LogP contribution in [0.2, 0.25) is 0 Å². The van der Waals surface area contributed by atoms with Crippen molar-refractivity contribution in [3.8, 4) is 5.75 Å². The lowest BCUT2D eigenvalue weighted by molar-refractivity contribution is -0.139. The predicted molar refractivity (Wildman–Crippen MR) is 68.6 cm³/mol. The van der Waals surface area contributed by atoms with E-state index in [9.17, 15) is 9.90 Å². The summed E-state index contributed by atoms with van der Waals surface area (Å²) in [5.74, 6) is 0.756. The quantitative estimate of drug-likeness (QED) is 0.828. The molecule has 2 atom stereocenters. The summed E-state index contributed by atoms with van der Waals surface area (Å²) in [5.41, 5.74) is 0.112. The van der Waals surface area contributed by atoms with Crippen molar-refractivity contribution in [3.05, 3.63) is 24.0 Å². The highest BCUT2D eigenvalue weighted by Crippen LogP contribution is 2.43. The van der Waals surface area contributed by atoms with Gasteiger partial charge in [-0.25, -0.2) is 0 Å². The van der Waals surface area contributed by atoms with Crippen LogP contribution < -0.4 is 4.74 Å². The zero-order valence-corrected chi connectivity index (χ0v) is 11.2. The molecule has 0 saturated carbocycles. The van der Waals surface area contributed by atoms with Gasteiger partial charge in [-0.1, -0.05) is 0 Å². The second-order valence-corrected chi connectivity index (χ2v) is 5.70. The number of aromatic nitrogens is 1. The molecule has 1 fully saturated rings. The van der Waals surface area contributed by atoms with E-state index in [1.165, 1.54) is 0 Å². The summed E-state index contributed by atoms with van der Waals surface area (Å²) in [4.78, 5) is 17.8. The summed E-state index contributed by atoms with van der Waals surface area (Å²) in [6.45, 7) is 4.36. The average molecular weight is 262 g/mol. The van der Waals surface area contributed by atoms with E-state index < -0.39 is 11.7 Å². The maximum atomic E-state index is 12.0. The molecule has 0 bridgehead atoms. The Morgan fingerprint density at radius 2 is 2.32 bits per heavy atom. The molecular weight excluding hydrogens is 244 g/mol. The highest BCUT2D eigenvalue weighted by Gasteiger charge is 2.47. The molecule has 1 amide bonds. The Morgan fingerprint density at radius 1 is 1.53 bits per heavy atom. The Morgan fingerprint density at radius 3 is 3.00 bits per heavy atom. The molecule has 0 aliphatic carbocycles. The molecule has 1 N–H and O–H groups in total. The first-order valence-electron chi connectivity index (χ1n) is 6.61. The lowest BCUT2D eigenvalue weighted by atomic mass is 9.86. The summed E-state index contributed by atoms with van der Waals surface area (Å²) in [5, 5.41) is 10.6. The number of rotatable bonds is 1. The van der Waals surface area contributed by atoms with E-state index in [4.69, 9.17) is 4.74 Å². The molecule has 102 valence electrons. The normalized spacial score (nSPS) is 29.0. The van der Waals surface area contributed by atoms with Gasteiger partial charge in [-0.15, -0.1) is 0 Å². The van der Waals surface area contributed by atoms with Gasteiger partial charge in [0.2, 0.25) is 5.91 Å². The molecule has 2 aliphatic heterocycles. The number of aliphatic hydroxyl groups excluding tert-OH is 1. The van der Waals surface area contributed by atoms with Crippen molar-refractivity contribution in [2.45, 2.75) is 44.4 Å². The van der Waals surface area contributed by atoms with E-state index in [2.05, 4.69) is 4.98 Å². The standard InChI is InChI=1S/C14H18N2O3/c1-14(2)13(18)12(16-7-3-4-11(16)17)9-5-6-15-8-10(9)19-14/h5-6,8,12-13,18H,3-4,7H2,1-2H3/t12-,13+/m1/s1. The summed E-state index contributed by atoms with van der Waals surface area (Å²) >= 11 is 0. The first-order valence-corrected chi connectivity index (χ1v) is 6.61. The van der Waals surface area contributed by atoms with Crippen molar-refractivity contribution in [2.24, 2.45) is 0 Å². The number of ether oxygens (including phenoxy) is 1. The van der Waals surface area contributed by atoms with Crippen LogP contribution in [0.1, 0.15) is 38.3 Å². The highest BCUT2D eigenvalue weighted by atomic mass is 16.5. The summed E-state index contributed by atoms with van der Waals surface area (Å²) in [6.07, 6.45) is 3.98. The van der Waals surface area contributed by atoms with Crippen molar-refractivity contribution in [1.82, 2.24) is 9.88 Å². The lowest BCUT2D eigenvalue weighted by Gasteiger charge is -2.45. The van der Waals surface area contributed by atoms with Gasteiger partial charge in [0, 0.05) is 24.7 Å². The molecule has 0 aromatic carbocycles. The lowest BCUT2D eigenvalue weighted by Crippen LogP contribution is -2.53. The first kappa shape index (κ1) is 12.4. The number of fused-ring (bicyclic) bond motifs is 1. The summed E-state index contributed by atoms with van der Waals surface area (Å²) in [6, 6.07) is 1.49. The molecule has 1 aromatic heterocycles. The molecule has 3 heterocycles.